The smallest absolute Gasteiger partial charge is 0.155 e. The highest BCUT2D eigenvalue weighted by molar-refractivity contribution is 9.10. The third-order valence-electron chi connectivity index (χ3n) is 2.93. The highest BCUT2D eigenvalue weighted by atomic mass is 79.9. The predicted molar refractivity (Wildman–Crippen MR) is 76.5 cm³/mol. The molecule has 1 unspecified atom stereocenters. The number of nitrogens with zero attached hydrogens (tertiary/aromatic N) is 2. The summed E-state index contributed by atoms with van der Waals surface area (Å²) in [6, 6.07) is -0.377. The SMILES string of the molecule is CCn1nc(C)c(Br)c1CC(=O)C(N)CC(C)C. The summed E-state index contributed by atoms with van der Waals surface area (Å²) in [6.45, 7) is 8.85. The number of aryl methyl sites for hydroxylation is 2. The molecule has 0 radical (unpaired) electrons. The third-order valence-corrected chi connectivity index (χ3v) is 3.96. The van der Waals surface area contributed by atoms with Crippen LogP contribution in [-0.2, 0) is 17.8 Å². The van der Waals surface area contributed by atoms with Gasteiger partial charge in [0.05, 0.1) is 28.3 Å². The number of carbonyl (C=O) groups excluding carboxylic acids is 1. The highest BCUT2D eigenvalue weighted by Crippen LogP contribution is 2.22. The third kappa shape index (κ3) is 3.65. The van der Waals surface area contributed by atoms with Crippen LogP contribution >= 0.6 is 15.9 Å². The Labute approximate surface area is 117 Å². The maximum Gasteiger partial charge on any atom is 0.155 e. The van der Waals surface area contributed by atoms with Crippen LogP contribution in [0.3, 0.4) is 0 Å². The van der Waals surface area contributed by atoms with Crippen LogP contribution in [0, 0.1) is 12.8 Å². The van der Waals surface area contributed by atoms with E-state index < -0.39 is 0 Å². The molecule has 0 amide bonds. The summed E-state index contributed by atoms with van der Waals surface area (Å²) in [5, 5.41) is 4.38. The van der Waals surface area contributed by atoms with Gasteiger partial charge in [0, 0.05) is 6.54 Å². The molecule has 0 bridgehead atoms. The van der Waals surface area contributed by atoms with Gasteiger partial charge in [-0.15, -0.1) is 0 Å². The van der Waals surface area contributed by atoms with E-state index in [0.717, 1.165) is 28.8 Å². The summed E-state index contributed by atoms with van der Waals surface area (Å²) in [4.78, 5) is 12.1. The summed E-state index contributed by atoms with van der Waals surface area (Å²) in [6.07, 6.45) is 1.08. The molecule has 1 atom stereocenters. The quantitative estimate of drug-likeness (QED) is 0.877. The average Bonchev–Trinajstić information content (AvgIpc) is 2.55. The van der Waals surface area contributed by atoms with Crippen molar-refractivity contribution in [2.75, 3.05) is 0 Å². The first-order valence-electron chi connectivity index (χ1n) is 6.36. The van der Waals surface area contributed by atoms with Crippen molar-refractivity contribution in [3.05, 3.63) is 15.9 Å². The Morgan fingerprint density at radius 2 is 2.11 bits per heavy atom. The number of hydrogen-bond donors (Lipinski definition) is 1. The van der Waals surface area contributed by atoms with E-state index in [1.165, 1.54) is 0 Å². The van der Waals surface area contributed by atoms with Gasteiger partial charge in [0.2, 0.25) is 0 Å². The number of hydrogen-bond acceptors (Lipinski definition) is 3. The summed E-state index contributed by atoms with van der Waals surface area (Å²) in [5.41, 5.74) is 7.76. The van der Waals surface area contributed by atoms with Crippen molar-refractivity contribution in [1.29, 1.82) is 0 Å². The molecule has 1 heterocycles. The molecule has 5 heteroatoms. The first-order valence-corrected chi connectivity index (χ1v) is 7.16. The van der Waals surface area contributed by atoms with Crippen molar-refractivity contribution in [2.24, 2.45) is 11.7 Å². The number of carbonyl (C=O) groups is 1. The van der Waals surface area contributed by atoms with Crippen LogP contribution in [-0.4, -0.2) is 21.6 Å². The van der Waals surface area contributed by atoms with E-state index in [1.54, 1.807) is 0 Å². The Kier molecular flexibility index (Phi) is 5.53. The van der Waals surface area contributed by atoms with Crippen molar-refractivity contribution in [3.63, 3.8) is 0 Å². The molecule has 1 rings (SSSR count). The minimum atomic E-state index is -0.377. The molecule has 0 saturated carbocycles. The zero-order valence-corrected chi connectivity index (χ0v) is 13.1. The minimum absolute atomic E-state index is 0.0824. The predicted octanol–water partition coefficient (Wildman–Crippen LogP) is 2.46. The van der Waals surface area contributed by atoms with Crippen LogP contribution in [0.1, 0.15) is 38.6 Å². The molecule has 1 aromatic rings. The van der Waals surface area contributed by atoms with Gasteiger partial charge in [-0.1, -0.05) is 13.8 Å². The summed E-state index contributed by atoms with van der Waals surface area (Å²) in [5.74, 6) is 0.518. The molecule has 4 nitrogen and oxygen atoms in total. The van der Waals surface area contributed by atoms with Crippen LogP contribution in [0.25, 0.3) is 0 Å². The van der Waals surface area contributed by atoms with E-state index in [0.29, 0.717) is 12.3 Å². The lowest BCUT2D eigenvalue weighted by atomic mass is 9.98. The van der Waals surface area contributed by atoms with Gasteiger partial charge in [-0.25, -0.2) is 0 Å². The number of ketones is 1. The molecule has 0 aromatic carbocycles. The van der Waals surface area contributed by atoms with Crippen LogP contribution < -0.4 is 5.73 Å². The zero-order chi connectivity index (χ0) is 13.9. The summed E-state index contributed by atoms with van der Waals surface area (Å²) >= 11 is 3.49. The van der Waals surface area contributed by atoms with E-state index >= 15 is 0 Å². The Bertz CT molecular complexity index is 426. The van der Waals surface area contributed by atoms with E-state index in [4.69, 9.17) is 5.73 Å². The van der Waals surface area contributed by atoms with Gasteiger partial charge in [0.25, 0.3) is 0 Å². The Balaban J connectivity index is 2.81. The van der Waals surface area contributed by atoms with Crippen molar-refractivity contribution in [3.8, 4) is 0 Å². The molecule has 18 heavy (non-hydrogen) atoms. The van der Waals surface area contributed by atoms with E-state index in [1.807, 2.05) is 18.5 Å². The highest BCUT2D eigenvalue weighted by Gasteiger charge is 2.20. The standard InChI is InChI=1S/C13H22BrN3O/c1-5-17-11(13(14)9(4)16-17)7-12(18)10(15)6-8(2)3/h8,10H,5-7,15H2,1-4H3. The fraction of sp³-hybridized carbons (Fsp3) is 0.692. The summed E-state index contributed by atoms with van der Waals surface area (Å²) < 4.78 is 2.79. The first-order chi connectivity index (χ1) is 8.36. The van der Waals surface area contributed by atoms with Gasteiger partial charge in [-0.05, 0) is 42.1 Å². The first kappa shape index (κ1) is 15.4. The lowest BCUT2D eigenvalue weighted by Gasteiger charge is -2.13. The van der Waals surface area contributed by atoms with Crippen LogP contribution in [0.4, 0.5) is 0 Å². The molecule has 2 N–H and O–H groups in total. The molecule has 0 spiro atoms. The van der Waals surface area contributed by atoms with Gasteiger partial charge in [0.15, 0.2) is 5.78 Å². The average molecular weight is 316 g/mol. The molecule has 1 aromatic heterocycles. The van der Waals surface area contributed by atoms with Crippen molar-refractivity contribution >= 4 is 21.7 Å². The van der Waals surface area contributed by atoms with E-state index in [2.05, 4.69) is 34.9 Å². The largest absolute Gasteiger partial charge is 0.321 e. The van der Waals surface area contributed by atoms with Crippen molar-refractivity contribution in [1.82, 2.24) is 9.78 Å². The van der Waals surface area contributed by atoms with Crippen LogP contribution in [0.2, 0.25) is 0 Å². The second kappa shape index (κ2) is 6.48. The lowest BCUT2D eigenvalue weighted by molar-refractivity contribution is -0.120. The molecule has 0 aliphatic heterocycles. The topological polar surface area (TPSA) is 60.9 Å². The second-order valence-electron chi connectivity index (χ2n) is 5.04. The number of Topliss-reactive ketones (excluding diaryl/α,β-unsaturated/α-hetero) is 1. The number of rotatable bonds is 6. The van der Waals surface area contributed by atoms with Gasteiger partial charge in [-0.2, -0.15) is 5.10 Å². The molecule has 102 valence electrons. The zero-order valence-electron chi connectivity index (χ0n) is 11.5. The van der Waals surface area contributed by atoms with Crippen LogP contribution in [0.15, 0.2) is 4.47 Å². The Hall–Kier alpha value is -0.680. The van der Waals surface area contributed by atoms with Crippen molar-refractivity contribution in [2.45, 2.75) is 53.1 Å². The van der Waals surface area contributed by atoms with Crippen molar-refractivity contribution < 1.29 is 4.79 Å². The minimum Gasteiger partial charge on any atom is -0.321 e. The maximum absolute atomic E-state index is 12.1. The molecule has 0 aliphatic rings. The van der Waals surface area contributed by atoms with Crippen LogP contribution in [0.5, 0.6) is 0 Å². The molecule has 0 fully saturated rings. The molecule has 0 aliphatic carbocycles. The van der Waals surface area contributed by atoms with Gasteiger partial charge < -0.3 is 5.73 Å². The number of aromatic nitrogens is 2. The van der Waals surface area contributed by atoms with E-state index in [9.17, 15) is 4.79 Å². The Morgan fingerprint density at radius 3 is 2.61 bits per heavy atom. The number of halogens is 1. The maximum atomic E-state index is 12.1. The number of nitrogens with two attached hydrogens (primary N) is 1. The normalized spacial score (nSPS) is 13.1. The fourth-order valence-corrected chi connectivity index (χ4v) is 2.40. The molecule has 0 saturated heterocycles. The Morgan fingerprint density at radius 1 is 1.50 bits per heavy atom. The van der Waals surface area contributed by atoms with Gasteiger partial charge >= 0.3 is 0 Å². The second-order valence-corrected chi connectivity index (χ2v) is 5.83. The molecular weight excluding hydrogens is 294 g/mol. The lowest BCUT2D eigenvalue weighted by Crippen LogP contribution is -2.33. The monoisotopic (exact) mass is 315 g/mol. The van der Waals surface area contributed by atoms with Gasteiger partial charge in [0.1, 0.15) is 0 Å². The fourth-order valence-electron chi connectivity index (χ4n) is 1.97. The summed E-state index contributed by atoms with van der Waals surface area (Å²) in [7, 11) is 0. The van der Waals surface area contributed by atoms with E-state index in [-0.39, 0.29) is 11.8 Å². The molecular formula is C13H22BrN3O. The van der Waals surface area contributed by atoms with Gasteiger partial charge in [-0.3, -0.25) is 9.48 Å².